The molecule has 1 amide bonds. The van der Waals surface area contributed by atoms with Crippen LogP contribution in [0.25, 0.3) is 11.3 Å². The van der Waals surface area contributed by atoms with E-state index < -0.39 is 0 Å². The number of H-pyrrole nitrogens is 1. The molecule has 1 fully saturated rings. The summed E-state index contributed by atoms with van der Waals surface area (Å²) in [7, 11) is 5.75. The van der Waals surface area contributed by atoms with E-state index in [2.05, 4.69) is 20.6 Å². The van der Waals surface area contributed by atoms with Crippen molar-refractivity contribution in [3.05, 3.63) is 53.1 Å². The molecule has 0 atom stereocenters. The maximum atomic E-state index is 12.2. The Bertz CT molecular complexity index is 915. The first-order valence-corrected chi connectivity index (χ1v) is 9.20. The van der Waals surface area contributed by atoms with Gasteiger partial charge in [-0.3, -0.25) is 14.6 Å². The van der Waals surface area contributed by atoms with E-state index in [0.717, 1.165) is 23.5 Å². The summed E-state index contributed by atoms with van der Waals surface area (Å²) in [5.41, 5.74) is 2.82. The van der Waals surface area contributed by atoms with Crippen LogP contribution in [0.1, 0.15) is 0 Å². The third kappa shape index (κ3) is 4.77. The first-order chi connectivity index (χ1) is 13.5. The fourth-order valence-corrected chi connectivity index (χ4v) is 2.92. The molecule has 0 spiro atoms. The number of hydrogen-bond acceptors (Lipinski definition) is 6. The summed E-state index contributed by atoms with van der Waals surface area (Å²) in [6.45, 7) is 1.87. The Kier molecular flexibility index (Phi) is 6.10. The lowest BCUT2D eigenvalue weighted by atomic mass is 10.1. The summed E-state index contributed by atoms with van der Waals surface area (Å²) in [6, 6.07) is 5.64. The highest BCUT2D eigenvalue weighted by Gasteiger charge is 2.29. The molecule has 0 aliphatic carbocycles. The fraction of sp³-hybridized carbons (Fsp3) is 0.350. The van der Waals surface area contributed by atoms with E-state index in [9.17, 15) is 9.59 Å². The highest BCUT2D eigenvalue weighted by atomic mass is 16.2. The van der Waals surface area contributed by atoms with Gasteiger partial charge >= 0.3 is 0 Å². The summed E-state index contributed by atoms with van der Waals surface area (Å²) in [6.07, 6.45) is 6.83. The summed E-state index contributed by atoms with van der Waals surface area (Å²) < 4.78 is 0. The predicted molar refractivity (Wildman–Crippen MR) is 112 cm³/mol. The highest BCUT2D eigenvalue weighted by Crippen LogP contribution is 2.21. The SMILES string of the molecule is CNc1ccnc(-c2c[nH]c(=O)c(NC3CN(C(=O)C=CCN(C)C)C3)c2)c1. The number of nitrogens with one attached hydrogen (secondary N) is 3. The van der Waals surface area contributed by atoms with Gasteiger partial charge in [0.25, 0.3) is 5.56 Å². The maximum absolute atomic E-state index is 12.2. The van der Waals surface area contributed by atoms with E-state index in [1.165, 1.54) is 0 Å². The number of likely N-dealkylation sites (N-methyl/N-ethyl adjacent to an activating group) is 1. The van der Waals surface area contributed by atoms with Crippen LogP contribution in [0.4, 0.5) is 11.4 Å². The second kappa shape index (κ2) is 8.71. The van der Waals surface area contributed by atoms with Crippen LogP contribution in [0.15, 0.2) is 47.5 Å². The van der Waals surface area contributed by atoms with E-state index in [1.807, 2.05) is 44.3 Å². The van der Waals surface area contributed by atoms with Gasteiger partial charge in [-0.2, -0.15) is 0 Å². The van der Waals surface area contributed by atoms with Gasteiger partial charge in [0.1, 0.15) is 5.69 Å². The summed E-state index contributed by atoms with van der Waals surface area (Å²) in [5, 5.41) is 6.31. The molecule has 3 rings (SSSR count). The van der Waals surface area contributed by atoms with Crippen molar-refractivity contribution in [3.63, 3.8) is 0 Å². The summed E-state index contributed by atoms with van der Waals surface area (Å²) in [4.78, 5) is 35.1. The third-order valence-corrected chi connectivity index (χ3v) is 4.53. The van der Waals surface area contributed by atoms with Crippen LogP contribution in [-0.4, -0.2) is 72.5 Å². The van der Waals surface area contributed by atoms with Gasteiger partial charge in [-0.05, 0) is 32.3 Å². The van der Waals surface area contributed by atoms with E-state index in [1.54, 1.807) is 29.4 Å². The molecule has 0 aromatic carbocycles. The number of amides is 1. The lowest BCUT2D eigenvalue weighted by Gasteiger charge is -2.39. The van der Waals surface area contributed by atoms with Gasteiger partial charge in [-0.25, -0.2) is 0 Å². The molecule has 148 valence electrons. The average Bonchev–Trinajstić information content (AvgIpc) is 2.65. The first-order valence-electron chi connectivity index (χ1n) is 9.20. The number of hydrogen-bond donors (Lipinski definition) is 3. The molecular weight excluding hydrogens is 356 g/mol. The standard InChI is InChI=1S/C20H26N6O2/c1-21-15-6-7-22-17(10-15)14-9-18(20(28)23-11-14)24-16-12-26(13-16)19(27)5-4-8-25(2)3/h4-7,9-11,16,24H,8,12-13H2,1-3H3,(H,21,22)(H,23,28). The first kappa shape index (κ1) is 19.6. The van der Waals surface area contributed by atoms with E-state index in [4.69, 9.17) is 0 Å². The van der Waals surface area contributed by atoms with Gasteiger partial charge in [0.05, 0.1) is 11.7 Å². The van der Waals surface area contributed by atoms with Crippen molar-refractivity contribution in [2.24, 2.45) is 0 Å². The molecule has 0 radical (unpaired) electrons. The minimum absolute atomic E-state index is 0.00404. The van der Waals surface area contributed by atoms with Crippen molar-refractivity contribution in [3.8, 4) is 11.3 Å². The van der Waals surface area contributed by atoms with Gasteiger partial charge < -0.3 is 25.4 Å². The molecule has 28 heavy (non-hydrogen) atoms. The van der Waals surface area contributed by atoms with Crippen molar-refractivity contribution in [1.29, 1.82) is 0 Å². The minimum Gasteiger partial charge on any atom is -0.388 e. The lowest BCUT2D eigenvalue weighted by Crippen LogP contribution is -2.57. The monoisotopic (exact) mass is 382 g/mol. The average molecular weight is 382 g/mol. The van der Waals surface area contributed by atoms with Gasteiger partial charge in [0.2, 0.25) is 5.91 Å². The Hall–Kier alpha value is -3.13. The van der Waals surface area contributed by atoms with Crippen molar-refractivity contribution >= 4 is 17.3 Å². The van der Waals surface area contributed by atoms with Crippen LogP contribution >= 0.6 is 0 Å². The molecule has 0 saturated carbocycles. The highest BCUT2D eigenvalue weighted by molar-refractivity contribution is 5.88. The summed E-state index contributed by atoms with van der Waals surface area (Å²) in [5.74, 6) is -0.00404. The normalized spacial score (nSPS) is 14.4. The molecule has 2 aromatic heterocycles. The van der Waals surface area contributed by atoms with Crippen LogP contribution in [0.2, 0.25) is 0 Å². The minimum atomic E-state index is -0.191. The lowest BCUT2D eigenvalue weighted by molar-refractivity contribution is -0.129. The van der Waals surface area contributed by atoms with Crippen LogP contribution in [0.3, 0.4) is 0 Å². The molecule has 3 N–H and O–H groups in total. The maximum Gasteiger partial charge on any atom is 0.271 e. The number of carbonyl (C=O) groups excluding carboxylic acids is 1. The zero-order valence-corrected chi connectivity index (χ0v) is 16.4. The smallest absolute Gasteiger partial charge is 0.271 e. The van der Waals surface area contributed by atoms with Gasteiger partial charge in [0.15, 0.2) is 0 Å². The molecule has 8 nitrogen and oxygen atoms in total. The quantitative estimate of drug-likeness (QED) is 0.624. The number of likely N-dealkylation sites (tertiary alicyclic amines) is 1. The van der Waals surface area contributed by atoms with Crippen molar-refractivity contribution < 1.29 is 4.79 Å². The van der Waals surface area contributed by atoms with Crippen LogP contribution in [-0.2, 0) is 4.79 Å². The molecule has 1 saturated heterocycles. The molecule has 2 aromatic rings. The second-order valence-electron chi connectivity index (χ2n) is 7.06. The summed E-state index contributed by atoms with van der Waals surface area (Å²) >= 11 is 0. The number of aromatic nitrogens is 2. The Morgan fingerprint density at radius 2 is 2.18 bits per heavy atom. The van der Waals surface area contributed by atoms with Gasteiger partial charge in [-0.1, -0.05) is 6.08 Å². The molecule has 0 bridgehead atoms. The van der Waals surface area contributed by atoms with Gasteiger partial charge in [0, 0.05) is 56.4 Å². The number of aromatic amines is 1. The Labute approximate surface area is 164 Å². The molecule has 8 heteroatoms. The zero-order valence-electron chi connectivity index (χ0n) is 16.4. The van der Waals surface area contributed by atoms with E-state index in [0.29, 0.717) is 18.8 Å². The van der Waals surface area contributed by atoms with Crippen LogP contribution in [0.5, 0.6) is 0 Å². The number of pyridine rings is 2. The van der Waals surface area contributed by atoms with Crippen molar-refractivity contribution in [2.45, 2.75) is 6.04 Å². The molecular formula is C20H26N6O2. The number of rotatable bonds is 7. The van der Waals surface area contributed by atoms with E-state index in [-0.39, 0.29) is 17.5 Å². The Balaban J connectivity index is 1.62. The Morgan fingerprint density at radius 3 is 2.89 bits per heavy atom. The Morgan fingerprint density at radius 1 is 1.39 bits per heavy atom. The third-order valence-electron chi connectivity index (χ3n) is 4.53. The number of carbonyl (C=O) groups is 1. The fourth-order valence-electron chi connectivity index (χ4n) is 2.92. The molecule has 3 heterocycles. The zero-order chi connectivity index (χ0) is 20.1. The van der Waals surface area contributed by atoms with E-state index >= 15 is 0 Å². The number of anilines is 2. The number of nitrogens with zero attached hydrogens (tertiary/aromatic N) is 3. The molecule has 1 aliphatic heterocycles. The second-order valence-corrected chi connectivity index (χ2v) is 7.06. The molecule has 1 aliphatic rings. The van der Waals surface area contributed by atoms with Crippen LogP contribution in [0, 0.1) is 0 Å². The van der Waals surface area contributed by atoms with Crippen molar-refractivity contribution in [1.82, 2.24) is 19.8 Å². The van der Waals surface area contributed by atoms with Crippen molar-refractivity contribution in [2.75, 3.05) is 51.4 Å². The molecule has 0 unspecified atom stereocenters. The van der Waals surface area contributed by atoms with Gasteiger partial charge in [-0.15, -0.1) is 0 Å². The predicted octanol–water partition coefficient (Wildman–Crippen LogP) is 1.22. The van der Waals surface area contributed by atoms with Crippen LogP contribution < -0.4 is 16.2 Å². The topological polar surface area (TPSA) is 93.4 Å². The largest absolute Gasteiger partial charge is 0.388 e.